The summed E-state index contributed by atoms with van der Waals surface area (Å²) in [5, 5.41) is 0. The number of nitrogens with zero attached hydrogens (tertiary/aromatic N) is 2. The highest BCUT2D eigenvalue weighted by atomic mass is 16.1. The van der Waals surface area contributed by atoms with Crippen molar-refractivity contribution in [2.45, 2.75) is 33.1 Å². The van der Waals surface area contributed by atoms with Crippen LogP contribution in [-0.2, 0) is 11.2 Å². The van der Waals surface area contributed by atoms with Gasteiger partial charge in [-0.2, -0.15) is 0 Å². The minimum atomic E-state index is 0.133. The van der Waals surface area contributed by atoms with Crippen LogP contribution in [-0.4, -0.2) is 15.8 Å². The molecule has 1 aromatic heterocycles. The maximum atomic E-state index is 10.8. The molecule has 3 heteroatoms. The molecule has 0 spiro atoms. The monoisotopic (exact) mass is 178 g/mol. The second-order valence-electron chi connectivity index (χ2n) is 3.44. The predicted octanol–water partition coefficient (Wildman–Crippen LogP) is 1.73. The molecule has 70 valence electrons. The van der Waals surface area contributed by atoms with Crippen LogP contribution in [0.5, 0.6) is 0 Å². The third-order valence-corrected chi connectivity index (χ3v) is 1.68. The van der Waals surface area contributed by atoms with E-state index in [1.54, 1.807) is 19.2 Å². The fourth-order valence-corrected chi connectivity index (χ4v) is 1.04. The van der Waals surface area contributed by atoms with Crippen molar-refractivity contribution in [1.82, 2.24) is 9.97 Å². The molecule has 0 aromatic carbocycles. The van der Waals surface area contributed by atoms with Crippen LogP contribution in [0.2, 0.25) is 0 Å². The topological polar surface area (TPSA) is 42.9 Å². The first kappa shape index (κ1) is 9.84. The molecule has 0 bridgehead atoms. The lowest BCUT2D eigenvalue weighted by atomic mass is 10.2. The minimum absolute atomic E-state index is 0.133. The van der Waals surface area contributed by atoms with Gasteiger partial charge in [-0.1, -0.05) is 13.8 Å². The van der Waals surface area contributed by atoms with Crippen molar-refractivity contribution in [3.8, 4) is 0 Å². The van der Waals surface area contributed by atoms with E-state index in [2.05, 4.69) is 9.97 Å². The van der Waals surface area contributed by atoms with E-state index in [0.29, 0.717) is 12.3 Å². The van der Waals surface area contributed by atoms with Gasteiger partial charge in [-0.3, -0.25) is 4.79 Å². The zero-order valence-electron chi connectivity index (χ0n) is 8.24. The molecule has 13 heavy (non-hydrogen) atoms. The van der Waals surface area contributed by atoms with Gasteiger partial charge in [0.2, 0.25) is 0 Å². The smallest absolute Gasteiger partial charge is 0.135 e. The summed E-state index contributed by atoms with van der Waals surface area (Å²) in [6.07, 6.45) is 2.11. The van der Waals surface area contributed by atoms with Crippen LogP contribution in [0.1, 0.15) is 38.2 Å². The predicted molar refractivity (Wildman–Crippen MR) is 50.5 cm³/mol. The first-order valence-electron chi connectivity index (χ1n) is 4.41. The Kier molecular flexibility index (Phi) is 3.12. The van der Waals surface area contributed by atoms with Gasteiger partial charge in [-0.25, -0.2) is 9.97 Å². The fourth-order valence-electron chi connectivity index (χ4n) is 1.04. The molecular formula is C10H14N2O. The number of rotatable bonds is 3. The molecule has 0 saturated heterocycles. The maximum absolute atomic E-state index is 10.8. The molecule has 0 aliphatic rings. The van der Waals surface area contributed by atoms with Crippen molar-refractivity contribution in [3.63, 3.8) is 0 Å². The quantitative estimate of drug-likeness (QED) is 0.708. The Bertz CT molecular complexity index is 308. The Hall–Kier alpha value is -1.25. The van der Waals surface area contributed by atoms with E-state index in [0.717, 1.165) is 11.5 Å². The van der Waals surface area contributed by atoms with Crippen LogP contribution in [0.3, 0.4) is 0 Å². The summed E-state index contributed by atoms with van der Waals surface area (Å²) < 4.78 is 0. The van der Waals surface area contributed by atoms with E-state index in [4.69, 9.17) is 0 Å². The molecule has 1 aromatic rings. The standard InChI is InChI=1S/C10H14N2O/c1-7(2)10-11-5-4-9(12-10)6-8(3)13/h4-5,7H,6H2,1-3H3. The molecule has 0 fully saturated rings. The van der Waals surface area contributed by atoms with Gasteiger partial charge in [0.15, 0.2) is 0 Å². The van der Waals surface area contributed by atoms with Gasteiger partial charge in [0.25, 0.3) is 0 Å². The zero-order valence-corrected chi connectivity index (χ0v) is 8.24. The van der Waals surface area contributed by atoms with Crippen molar-refractivity contribution < 1.29 is 4.79 Å². The maximum Gasteiger partial charge on any atom is 0.135 e. The van der Waals surface area contributed by atoms with Crippen molar-refractivity contribution in [2.24, 2.45) is 0 Å². The molecule has 1 heterocycles. The highest BCUT2D eigenvalue weighted by molar-refractivity contribution is 5.77. The Balaban J connectivity index is 2.85. The lowest BCUT2D eigenvalue weighted by Gasteiger charge is -2.04. The molecule has 0 radical (unpaired) electrons. The van der Waals surface area contributed by atoms with Gasteiger partial charge >= 0.3 is 0 Å². The minimum Gasteiger partial charge on any atom is -0.300 e. The number of carbonyl (C=O) groups excluding carboxylic acids is 1. The highest BCUT2D eigenvalue weighted by Crippen LogP contribution is 2.08. The summed E-state index contributed by atoms with van der Waals surface area (Å²) in [5.74, 6) is 1.25. The summed E-state index contributed by atoms with van der Waals surface area (Å²) in [7, 11) is 0. The van der Waals surface area contributed by atoms with E-state index in [-0.39, 0.29) is 5.78 Å². The second-order valence-corrected chi connectivity index (χ2v) is 3.44. The molecule has 1 rings (SSSR count). The summed E-state index contributed by atoms with van der Waals surface area (Å²) >= 11 is 0. The van der Waals surface area contributed by atoms with E-state index < -0.39 is 0 Å². The Morgan fingerprint density at radius 1 is 1.54 bits per heavy atom. The molecular weight excluding hydrogens is 164 g/mol. The number of ketones is 1. The van der Waals surface area contributed by atoms with Crippen LogP contribution in [0.4, 0.5) is 0 Å². The fraction of sp³-hybridized carbons (Fsp3) is 0.500. The average Bonchev–Trinajstić information content (AvgIpc) is 2.03. The molecule has 0 N–H and O–H groups in total. The number of hydrogen-bond donors (Lipinski definition) is 0. The molecule has 0 aliphatic carbocycles. The largest absolute Gasteiger partial charge is 0.300 e. The van der Waals surface area contributed by atoms with Crippen molar-refractivity contribution >= 4 is 5.78 Å². The number of carbonyl (C=O) groups is 1. The zero-order chi connectivity index (χ0) is 9.84. The second kappa shape index (κ2) is 4.12. The van der Waals surface area contributed by atoms with E-state index in [9.17, 15) is 4.79 Å². The Labute approximate surface area is 78.2 Å². The Morgan fingerprint density at radius 3 is 2.77 bits per heavy atom. The summed E-state index contributed by atoms with van der Waals surface area (Å²) in [4.78, 5) is 19.2. The van der Waals surface area contributed by atoms with Gasteiger partial charge in [0.1, 0.15) is 11.6 Å². The molecule has 0 aliphatic heterocycles. The number of aromatic nitrogens is 2. The third kappa shape index (κ3) is 2.93. The lowest BCUT2D eigenvalue weighted by Crippen LogP contribution is -2.04. The van der Waals surface area contributed by atoms with E-state index in [1.807, 2.05) is 13.8 Å². The lowest BCUT2D eigenvalue weighted by molar-refractivity contribution is -0.116. The van der Waals surface area contributed by atoms with Crippen molar-refractivity contribution in [2.75, 3.05) is 0 Å². The molecule has 0 unspecified atom stereocenters. The van der Waals surface area contributed by atoms with Crippen LogP contribution in [0.15, 0.2) is 12.3 Å². The number of hydrogen-bond acceptors (Lipinski definition) is 3. The molecule has 0 atom stereocenters. The van der Waals surface area contributed by atoms with Crippen LogP contribution in [0.25, 0.3) is 0 Å². The number of Topliss-reactive ketones (excluding diaryl/α,β-unsaturated/α-hetero) is 1. The first-order chi connectivity index (χ1) is 6.09. The summed E-state index contributed by atoms with van der Waals surface area (Å²) in [5.41, 5.74) is 0.811. The van der Waals surface area contributed by atoms with Gasteiger partial charge in [0, 0.05) is 18.5 Å². The summed E-state index contributed by atoms with van der Waals surface area (Å²) in [6, 6.07) is 1.78. The molecule has 3 nitrogen and oxygen atoms in total. The van der Waals surface area contributed by atoms with E-state index >= 15 is 0 Å². The van der Waals surface area contributed by atoms with Crippen molar-refractivity contribution in [3.05, 3.63) is 23.8 Å². The van der Waals surface area contributed by atoms with Crippen molar-refractivity contribution in [1.29, 1.82) is 0 Å². The average molecular weight is 178 g/mol. The van der Waals surface area contributed by atoms with Gasteiger partial charge in [-0.05, 0) is 13.0 Å². The van der Waals surface area contributed by atoms with Gasteiger partial charge in [0.05, 0.1) is 5.69 Å². The first-order valence-corrected chi connectivity index (χ1v) is 4.41. The van der Waals surface area contributed by atoms with Gasteiger partial charge < -0.3 is 0 Å². The van der Waals surface area contributed by atoms with Crippen LogP contribution >= 0.6 is 0 Å². The third-order valence-electron chi connectivity index (χ3n) is 1.68. The van der Waals surface area contributed by atoms with Crippen LogP contribution < -0.4 is 0 Å². The van der Waals surface area contributed by atoms with E-state index in [1.165, 1.54) is 0 Å². The molecule has 0 saturated carbocycles. The van der Waals surface area contributed by atoms with Gasteiger partial charge in [-0.15, -0.1) is 0 Å². The highest BCUT2D eigenvalue weighted by Gasteiger charge is 2.04. The SMILES string of the molecule is CC(=O)Cc1ccnc(C(C)C)n1. The molecule has 0 amide bonds. The van der Waals surface area contributed by atoms with Crippen LogP contribution in [0, 0.1) is 0 Å². The summed E-state index contributed by atoms with van der Waals surface area (Å²) in [6.45, 7) is 5.64. The normalized spacial score (nSPS) is 10.5. The Morgan fingerprint density at radius 2 is 2.23 bits per heavy atom.